The van der Waals surface area contributed by atoms with Crippen molar-refractivity contribution in [2.75, 3.05) is 13.1 Å². The standard InChI is InChI=1S/C16H25N3O4S2/c1-12(17)13-8-10-19(11-9-13)25(22,23)16-6-4-15(5-7-16)24(20,21)18-14-2-3-14/h4-7,12-14,18H,2-3,8-11,17H2,1H3. The van der Waals surface area contributed by atoms with Crippen molar-refractivity contribution in [2.24, 2.45) is 11.7 Å². The van der Waals surface area contributed by atoms with E-state index in [1.165, 1.54) is 28.6 Å². The number of nitrogens with one attached hydrogen (secondary N) is 1. The molecule has 7 nitrogen and oxygen atoms in total. The van der Waals surface area contributed by atoms with Gasteiger partial charge in [0.25, 0.3) is 0 Å². The predicted molar refractivity (Wildman–Crippen MR) is 94.9 cm³/mol. The van der Waals surface area contributed by atoms with Gasteiger partial charge in [0.1, 0.15) is 0 Å². The molecule has 0 bridgehead atoms. The van der Waals surface area contributed by atoms with E-state index in [4.69, 9.17) is 5.73 Å². The molecular formula is C16H25N3O4S2. The van der Waals surface area contributed by atoms with Crippen molar-refractivity contribution in [3.8, 4) is 0 Å². The van der Waals surface area contributed by atoms with Crippen LogP contribution in [0, 0.1) is 5.92 Å². The van der Waals surface area contributed by atoms with E-state index in [2.05, 4.69) is 4.72 Å². The van der Waals surface area contributed by atoms with E-state index in [9.17, 15) is 16.8 Å². The summed E-state index contributed by atoms with van der Waals surface area (Å²) >= 11 is 0. The first-order valence-electron chi connectivity index (χ1n) is 8.58. The van der Waals surface area contributed by atoms with Gasteiger partial charge in [-0.3, -0.25) is 0 Å². The predicted octanol–water partition coefficient (Wildman–Crippen LogP) is 0.875. The van der Waals surface area contributed by atoms with Crippen molar-refractivity contribution in [1.82, 2.24) is 9.03 Å². The highest BCUT2D eigenvalue weighted by Crippen LogP contribution is 2.26. The minimum absolute atomic E-state index is 0.0136. The Morgan fingerprint density at radius 2 is 1.52 bits per heavy atom. The van der Waals surface area contributed by atoms with E-state index in [-0.39, 0.29) is 21.9 Å². The highest BCUT2D eigenvalue weighted by molar-refractivity contribution is 7.89. The lowest BCUT2D eigenvalue weighted by Gasteiger charge is -2.32. The van der Waals surface area contributed by atoms with Crippen LogP contribution in [0.2, 0.25) is 0 Å². The Labute approximate surface area is 149 Å². The van der Waals surface area contributed by atoms with Crippen molar-refractivity contribution in [1.29, 1.82) is 0 Å². The largest absolute Gasteiger partial charge is 0.328 e. The van der Waals surface area contributed by atoms with Crippen LogP contribution in [-0.4, -0.2) is 46.3 Å². The molecule has 0 amide bonds. The number of piperidine rings is 1. The molecule has 25 heavy (non-hydrogen) atoms. The maximum absolute atomic E-state index is 12.7. The van der Waals surface area contributed by atoms with Gasteiger partial charge < -0.3 is 5.73 Å². The normalized spacial score (nSPS) is 22.0. The van der Waals surface area contributed by atoms with Crippen LogP contribution in [0.1, 0.15) is 32.6 Å². The van der Waals surface area contributed by atoms with Gasteiger partial charge in [-0.05, 0) is 62.8 Å². The average Bonchev–Trinajstić information content (AvgIpc) is 3.38. The van der Waals surface area contributed by atoms with Gasteiger partial charge in [0.15, 0.2) is 0 Å². The summed E-state index contributed by atoms with van der Waals surface area (Å²) in [6, 6.07) is 5.52. The van der Waals surface area contributed by atoms with Crippen LogP contribution in [0.15, 0.2) is 34.1 Å². The van der Waals surface area contributed by atoms with E-state index >= 15 is 0 Å². The molecule has 2 aliphatic rings. The quantitative estimate of drug-likeness (QED) is 0.753. The second-order valence-electron chi connectivity index (χ2n) is 6.97. The number of hydrogen-bond donors (Lipinski definition) is 2. The molecule has 1 aromatic carbocycles. The Kier molecular flexibility index (Phi) is 5.23. The number of hydrogen-bond acceptors (Lipinski definition) is 5. The van der Waals surface area contributed by atoms with Crippen molar-refractivity contribution >= 4 is 20.0 Å². The number of benzene rings is 1. The summed E-state index contributed by atoms with van der Waals surface area (Å²) in [5, 5.41) is 0. The molecule has 1 unspecified atom stereocenters. The number of nitrogens with two attached hydrogens (primary N) is 1. The first kappa shape index (κ1) is 18.8. The van der Waals surface area contributed by atoms with E-state index in [0.717, 1.165) is 25.7 Å². The highest BCUT2D eigenvalue weighted by atomic mass is 32.2. The molecule has 1 aliphatic carbocycles. The number of nitrogens with zero attached hydrogens (tertiary/aromatic N) is 1. The summed E-state index contributed by atoms with van der Waals surface area (Å²) in [6.07, 6.45) is 3.19. The lowest BCUT2D eigenvalue weighted by molar-refractivity contribution is 0.250. The molecule has 2 fully saturated rings. The van der Waals surface area contributed by atoms with Crippen LogP contribution in [0.4, 0.5) is 0 Å². The molecule has 1 atom stereocenters. The van der Waals surface area contributed by atoms with Crippen LogP contribution in [0.3, 0.4) is 0 Å². The Bertz CT molecular complexity index is 807. The molecule has 1 heterocycles. The Morgan fingerprint density at radius 1 is 1.00 bits per heavy atom. The summed E-state index contributed by atoms with van der Waals surface area (Å²) in [4.78, 5) is 0.214. The molecular weight excluding hydrogens is 362 g/mol. The number of rotatable bonds is 6. The molecule has 3 rings (SSSR count). The van der Waals surface area contributed by atoms with Crippen molar-refractivity contribution in [2.45, 2.75) is 54.5 Å². The Hall–Kier alpha value is -1.00. The summed E-state index contributed by atoms with van der Waals surface area (Å²) in [5.74, 6) is 0.340. The monoisotopic (exact) mass is 387 g/mol. The molecule has 1 saturated carbocycles. The van der Waals surface area contributed by atoms with Crippen LogP contribution >= 0.6 is 0 Å². The smallest absolute Gasteiger partial charge is 0.243 e. The van der Waals surface area contributed by atoms with Crippen molar-refractivity contribution < 1.29 is 16.8 Å². The first-order chi connectivity index (χ1) is 11.7. The van der Waals surface area contributed by atoms with Gasteiger partial charge in [0.2, 0.25) is 20.0 Å². The maximum Gasteiger partial charge on any atom is 0.243 e. The van der Waals surface area contributed by atoms with E-state index < -0.39 is 20.0 Å². The summed E-state index contributed by atoms with van der Waals surface area (Å²) in [5.41, 5.74) is 5.90. The van der Waals surface area contributed by atoms with Gasteiger partial charge in [-0.25, -0.2) is 21.6 Å². The molecule has 1 aromatic rings. The molecule has 140 valence electrons. The Morgan fingerprint density at radius 3 is 2.00 bits per heavy atom. The molecule has 1 aliphatic heterocycles. The zero-order valence-corrected chi connectivity index (χ0v) is 15.9. The van der Waals surface area contributed by atoms with Gasteiger partial charge in [0.05, 0.1) is 9.79 Å². The van der Waals surface area contributed by atoms with Gasteiger partial charge >= 0.3 is 0 Å². The molecule has 9 heteroatoms. The zero-order chi connectivity index (χ0) is 18.2. The molecule has 3 N–H and O–H groups in total. The molecule has 0 radical (unpaired) electrons. The van der Waals surface area contributed by atoms with Gasteiger partial charge in [-0.1, -0.05) is 0 Å². The van der Waals surface area contributed by atoms with E-state index in [1.54, 1.807) is 0 Å². The fraction of sp³-hybridized carbons (Fsp3) is 0.625. The minimum Gasteiger partial charge on any atom is -0.328 e. The van der Waals surface area contributed by atoms with Crippen molar-refractivity contribution in [3.05, 3.63) is 24.3 Å². The van der Waals surface area contributed by atoms with Crippen LogP contribution < -0.4 is 10.5 Å². The van der Waals surface area contributed by atoms with Gasteiger partial charge in [-0.2, -0.15) is 4.31 Å². The lowest BCUT2D eigenvalue weighted by atomic mass is 9.92. The third-order valence-electron chi connectivity index (χ3n) is 4.91. The van der Waals surface area contributed by atoms with Crippen LogP contribution in [0.25, 0.3) is 0 Å². The van der Waals surface area contributed by atoms with Crippen LogP contribution in [-0.2, 0) is 20.0 Å². The first-order valence-corrected chi connectivity index (χ1v) is 11.5. The zero-order valence-electron chi connectivity index (χ0n) is 14.3. The van der Waals surface area contributed by atoms with Crippen LogP contribution in [0.5, 0.6) is 0 Å². The highest BCUT2D eigenvalue weighted by Gasteiger charge is 2.31. The fourth-order valence-corrected chi connectivity index (χ4v) is 5.85. The number of sulfonamides is 2. The summed E-state index contributed by atoms with van der Waals surface area (Å²) < 4.78 is 53.8. The SMILES string of the molecule is CC(N)C1CCN(S(=O)(=O)c2ccc(S(=O)(=O)NC3CC3)cc2)CC1. The van der Waals surface area contributed by atoms with Gasteiger partial charge in [0, 0.05) is 25.2 Å². The lowest BCUT2D eigenvalue weighted by Crippen LogP contribution is -2.42. The Balaban J connectivity index is 1.73. The second-order valence-corrected chi connectivity index (χ2v) is 10.6. The van der Waals surface area contributed by atoms with E-state index in [1.807, 2.05) is 6.92 Å². The minimum atomic E-state index is -3.61. The average molecular weight is 388 g/mol. The third-order valence-corrected chi connectivity index (χ3v) is 8.36. The summed E-state index contributed by atoms with van der Waals surface area (Å²) in [6.45, 7) is 2.83. The second kappa shape index (κ2) is 6.96. The molecule has 1 saturated heterocycles. The maximum atomic E-state index is 12.7. The van der Waals surface area contributed by atoms with E-state index in [0.29, 0.717) is 19.0 Å². The van der Waals surface area contributed by atoms with Crippen molar-refractivity contribution in [3.63, 3.8) is 0 Å². The molecule has 0 aromatic heterocycles. The molecule has 0 spiro atoms. The third kappa shape index (κ3) is 4.22. The fourth-order valence-electron chi connectivity index (χ4n) is 3.07. The topological polar surface area (TPSA) is 110 Å². The summed E-state index contributed by atoms with van der Waals surface area (Å²) in [7, 11) is -7.18. The van der Waals surface area contributed by atoms with Gasteiger partial charge in [-0.15, -0.1) is 0 Å².